The van der Waals surface area contributed by atoms with Crippen LogP contribution in [0.5, 0.6) is 0 Å². The number of hydrogen-bond donors (Lipinski definition) is 1. The number of aromatic nitrogens is 1. The lowest BCUT2D eigenvalue weighted by atomic mass is 10.4. The van der Waals surface area contributed by atoms with Crippen molar-refractivity contribution >= 4 is 15.5 Å². The van der Waals surface area contributed by atoms with Crippen molar-refractivity contribution in [2.45, 2.75) is 18.2 Å². The molecule has 1 aromatic heterocycles. The lowest BCUT2D eigenvalue weighted by molar-refractivity contribution is 0.148. The summed E-state index contributed by atoms with van der Waals surface area (Å²) in [7, 11) is -3.32. The molecule has 0 saturated heterocycles. The van der Waals surface area contributed by atoms with Crippen LogP contribution >= 0.6 is 0 Å². The van der Waals surface area contributed by atoms with E-state index in [-0.39, 0.29) is 16.3 Å². The molecule has 2 N–H and O–H groups in total. The second-order valence-corrected chi connectivity index (χ2v) is 5.36. The number of sulfone groups is 1. The van der Waals surface area contributed by atoms with Gasteiger partial charge in [0.2, 0.25) is 0 Å². The highest BCUT2D eigenvalue weighted by atomic mass is 32.2. The normalized spacial score (nSPS) is 11.6. The molecule has 0 fully saturated rings. The fourth-order valence-corrected chi connectivity index (χ4v) is 2.68. The number of ether oxygens (including phenoxy) is 1. The van der Waals surface area contributed by atoms with Gasteiger partial charge in [-0.2, -0.15) is 0 Å². The van der Waals surface area contributed by atoms with E-state index in [1.54, 1.807) is 0 Å². The summed E-state index contributed by atoms with van der Waals surface area (Å²) in [6, 6.07) is 1.42. The van der Waals surface area contributed by atoms with Crippen LogP contribution in [0.2, 0.25) is 0 Å². The minimum atomic E-state index is -3.32. The van der Waals surface area contributed by atoms with Crippen molar-refractivity contribution in [3.8, 4) is 0 Å². The first-order valence-electron chi connectivity index (χ1n) is 5.08. The molecule has 1 aromatic rings. The van der Waals surface area contributed by atoms with Crippen molar-refractivity contribution in [3.05, 3.63) is 18.5 Å². The standard InChI is InChI=1S/C10H16N2O3S/c1-2-15-6-3-7-16(13,14)10-4-5-12-8-9(10)11/h4-5,8H,2-3,6-7,11H2,1H3. The Labute approximate surface area is 95.6 Å². The molecule has 0 aliphatic carbocycles. The number of nitrogen functional groups attached to an aromatic ring is 1. The molecule has 0 atom stereocenters. The maximum absolute atomic E-state index is 11.9. The maximum Gasteiger partial charge on any atom is 0.180 e. The van der Waals surface area contributed by atoms with Gasteiger partial charge in [-0.3, -0.25) is 4.98 Å². The topological polar surface area (TPSA) is 82.3 Å². The summed E-state index contributed by atoms with van der Waals surface area (Å²) in [5.41, 5.74) is 5.76. The Balaban J connectivity index is 2.68. The van der Waals surface area contributed by atoms with Gasteiger partial charge in [0.05, 0.1) is 22.5 Å². The number of nitrogens with two attached hydrogens (primary N) is 1. The molecule has 16 heavy (non-hydrogen) atoms. The van der Waals surface area contributed by atoms with E-state index in [1.807, 2.05) is 6.92 Å². The van der Waals surface area contributed by atoms with Crippen LogP contribution in [-0.4, -0.2) is 32.4 Å². The Morgan fingerprint density at radius 3 is 2.88 bits per heavy atom. The van der Waals surface area contributed by atoms with E-state index in [9.17, 15) is 8.42 Å². The minimum Gasteiger partial charge on any atom is -0.396 e. The lowest BCUT2D eigenvalue weighted by Crippen LogP contribution is -2.11. The van der Waals surface area contributed by atoms with Gasteiger partial charge in [-0.15, -0.1) is 0 Å². The molecular formula is C10H16N2O3S. The lowest BCUT2D eigenvalue weighted by Gasteiger charge is -2.06. The molecule has 1 rings (SSSR count). The zero-order valence-corrected chi connectivity index (χ0v) is 10.0. The van der Waals surface area contributed by atoms with Crippen LogP contribution in [0.1, 0.15) is 13.3 Å². The summed E-state index contributed by atoms with van der Waals surface area (Å²) in [6.45, 7) is 2.91. The Bertz CT molecular complexity index is 431. The van der Waals surface area contributed by atoms with E-state index in [0.29, 0.717) is 19.6 Å². The summed E-state index contributed by atoms with van der Waals surface area (Å²) >= 11 is 0. The summed E-state index contributed by atoms with van der Waals surface area (Å²) in [4.78, 5) is 3.91. The fourth-order valence-electron chi connectivity index (χ4n) is 1.28. The van der Waals surface area contributed by atoms with E-state index in [2.05, 4.69) is 4.98 Å². The van der Waals surface area contributed by atoms with Crippen molar-refractivity contribution in [1.29, 1.82) is 0 Å². The van der Waals surface area contributed by atoms with Gasteiger partial charge in [-0.05, 0) is 19.4 Å². The van der Waals surface area contributed by atoms with Gasteiger partial charge < -0.3 is 10.5 Å². The first kappa shape index (κ1) is 12.9. The average molecular weight is 244 g/mol. The van der Waals surface area contributed by atoms with Gasteiger partial charge in [0.1, 0.15) is 0 Å². The summed E-state index contributed by atoms with van der Waals surface area (Å²) in [5.74, 6) is 0.0429. The molecule has 0 radical (unpaired) electrons. The van der Waals surface area contributed by atoms with Crippen LogP contribution in [0.15, 0.2) is 23.4 Å². The van der Waals surface area contributed by atoms with Crippen LogP contribution in [0.4, 0.5) is 5.69 Å². The summed E-state index contributed by atoms with van der Waals surface area (Å²) < 4.78 is 28.8. The van der Waals surface area contributed by atoms with Crippen molar-refractivity contribution in [2.75, 3.05) is 24.7 Å². The van der Waals surface area contributed by atoms with E-state index >= 15 is 0 Å². The highest BCUT2D eigenvalue weighted by Gasteiger charge is 2.16. The van der Waals surface area contributed by atoms with Gasteiger partial charge in [-0.1, -0.05) is 0 Å². The molecule has 0 aromatic carbocycles. The van der Waals surface area contributed by atoms with Crippen LogP contribution in [0, 0.1) is 0 Å². The number of rotatable bonds is 6. The third-order valence-corrected chi connectivity index (χ3v) is 3.92. The second-order valence-electron chi connectivity index (χ2n) is 3.28. The number of nitrogens with zero attached hydrogens (tertiary/aromatic N) is 1. The van der Waals surface area contributed by atoms with Crippen molar-refractivity contribution < 1.29 is 13.2 Å². The highest BCUT2D eigenvalue weighted by molar-refractivity contribution is 7.91. The van der Waals surface area contributed by atoms with E-state index in [0.717, 1.165) is 0 Å². The smallest absolute Gasteiger partial charge is 0.180 e. The minimum absolute atomic E-state index is 0.0429. The van der Waals surface area contributed by atoms with E-state index in [1.165, 1.54) is 18.5 Å². The molecule has 0 saturated carbocycles. The SMILES string of the molecule is CCOCCCS(=O)(=O)c1ccncc1N. The molecule has 1 heterocycles. The van der Waals surface area contributed by atoms with Crippen molar-refractivity contribution in [1.82, 2.24) is 4.98 Å². The first-order chi connectivity index (χ1) is 7.58. The molecular weight excluding hydrogens is 228 g/mol. The van der Waals surface area contributed by atoms with Crippen molar-refractivity contribution in [3.63, 3.8) is 0 Å². The Morgan fingerprint density at radius 2 is 2.25 bits per heavy atom. The highest BCUT2D eigenvalue weighted by Crippen LogP contribution is 2.18. The number of anilines is 1. The van der Waals surface area contributed by atoms with Gasteiger partial charge in [0.25, 0.3) is 0 Å². The zero-order valence-electron chi connectivity index (χ0n) is 9.22. The molecule has 6 heteroatoms. The Kier molecular flexibility index (Phi) is 4.70. The fraction of sp³-hybridized carbons (Fsp3) is 0.500. The van der Waals surface area contributed by atoms with Gasteiger partial charge >= 0.3 is 0 Å². The third-order valence-electron chi connectivity index (χ3n) is 2.05. The maximum atomic E-state index is 11.9. The van der Waals surface area contributed by atoms with Crippen LogP contribution < -0.4 is 5.73 Å². The predicted octanol–water partition coefficient (Wildman–Crippen LogP) is 0.864. The largest absolute Gasteiger partial charge is 0.396 e. The molecule has 5 nitrogen and oxygen atoms in total. The second kappa shape index (κ2) is 5.81. The van der Waals surface area contributed by atoms with E-state index < -0.39 is 9.84 Å². The number of hydrogen-bond acceptors (Lipinski definition) is 5. The molecule has 0 amide bonds. The average Bonchev–Trinajstić information content (AvgIpc) is 2.25. The molecule has 0 aliphatic heterocycles. The Morgan fingerprint density at radius 1 is 1.50 bits per heavy atom. The van der Waals surface area contributed by atoms with Crippen LogP contribution in [-0.2, 0) is 14.6 Å². The predicted molar refractivity (Wildman–Crippen MR) is 61.8 cm³/mol. The molecule has 0 unspecified atom stereocenters. The zero-order chi connectivity index (χ0) is 12.0. The summed E-state index contributed by atoms with van der Waals surface area (Å²) in [5, 5.41) is 0. The van der Waals surface area contributed by atoms with Gasteiger partial charge in [0.15, 0.2) is 9.84 Å². The van der Waals surface area contributed by atoms with Gasteiger partial charge in [-0.25, -0.2) is 8.42 Å². The monoisotopic (exact) mass is 244 g/mol. The van der Waals surface area contributed by atoms with E-state index in [4.69, 9.17) is 10.5 Å². The quantitative estimate of drug-likeness (QED) is 0.751. The van der Waals surface area contributed by atoms with Crippen LogP contribution in [0.25, 0.3) is 0 Å². The first-order valence-corrected chi connectivity index (χ1v) is 6.73. The molecule has 0 spiro atoms. The van der Waals surface area contributed by atoms with Crippen LogP contribution in [0.3, 0.4) is 0 Å². The molecule has 0 bridgehead atoms. The Hall–Kier alpha value is -1.14. The van der Waals surface area contributed by atoms with Gasteiger partial charge in [0, 0.05) is 19.4 Å². The number of pyridine rings is 1. The van der Waals surface area contributed by atoms with Crippen molar-refractivity contribution in [2.24, 2.45) is 0 Å². The third kappa shape index (κ3) is 3.46. The summed E-state index contributed by atoms with van der Waals surface area (Å²) in [6.07, 6.45) is 3.24. The molecule has 0 aliphatic rings. The molecule has 90 valence electrons.